The van der Waals surface area contributed by atoms with Crippen LogP contribution in [0, 0.1) is 5.92 Å². The Kier molecular flexibility index (Phi) is 9.56. The van der Waals surface area contributed by atoms with Crippen LogP contribution in [-0.4, -0.2) is 45.6 Å². The minimum absolute atomic E-state index is 0. The number of hydrogen-bond acceptors (Lipinski definition) is 5. The van der Waals surface area contributed by atoms with E-state index >= 15 is 0 Å². The number of carbonyl (C=O) groups is 1. The third-order valence-corrected chi connectivity index (χ3v) is 4.89. The van der Waals surface area contributed by atoms with E-state index < -0.39 is 0 Å². The van der Waals surface area contributed by atoms with Crippen LogP contribution in [0.3, 0.4) is 0 Å². The summed E-state index contributed by atoms with van der Waals surface area (Å²) in [5.74, 6) is 1.96. The number of rotatable bonds is 6. The van der Waals surface area contributed by atoms with Gasteiger partial charge in [0.25, 0.3) is 0 Å². The lowest BCUT2D eigenvalue weighted by Crippen LogP contribution is -2.42. The van der Waals surface area contributed by atoms with Crippen LogP contribution >= 0.6 is 36.6 Å². The third kappa shape index (κ3) is 5.48. The van der Waals surface area contributed by atoms with Crippen molar-refractivity contribution in [3.8, 4) is 0 Å². The molecule has 2 aromatic heterocycles. The summed E-state index contributed by atoms with van der Waals surface area (Å²) in [6, 6.07) is 5.72. The summed E-state index contributed by atoms with van der Waals surface area (Å²) in [7, 11) is 0. The Labute approximate surface area is 164 Å². The highest BCUT2D eigenvalue weighted by Gasteiger charge is 2.26. The van der Waals surface area contributed by atoms with Crippen LogP contribution in [0.2, 0.25) is 0 Å². The van der Waals surface area contributed by atoms with Gasteiger partial charge in [-0.3, -0.25) is 9.20 Å². The molecule has 1 aliphatic rings. The van der Waals surface area contributed by atoms with E-state index in [-0.39, 0.29) is 42.7 Å². The maximum Gasteiger partial charge on any atom is 0.224 e. The normalized spacial score (nSPS) is 18.0. The summed E-state index contributed by atoms with van der Waals surface area (Å²) >= 11 is 1.77. The number of nitrogens with zero attached hydrogens (tertiary/aromatic N) is 3. The third-order valence-electron chi connectivity index (χ3n) is 4.25. The first-order valence-corrected chi connectivity index (χ1v) is 9.48. The van der Waals surface area contributed by atoms with E-state index in [1.54, 1.807) is 11.8 Å². The van der Waals surface area contributed by atoms with Crippen LogP contribution in [0.5, 0.6) is 0 Å². The average Bonchev–Trinajstić information content (AvgIpc) is 3.03. The fourth-order valence-electron chi connectivity index (χ4n) is 2.96. The van der Waals surface area contributed by atoms with Crippen molar-refractivity contribution in [1.82, 2.24) is 25.2 Å². The molecule has 1 amide bonds. The van der Waals surface area contributed by atoms with Gasteiger partial charge in [-0.1, -0.05) is 6.07 Å². The fraction of sp³-hybridized carbons (Fsp3) is 0.562. The monoisotopic (exact) mass is 405 g/mol. The summed E-state index contributed by atoms with van der Waals surface area (Å²) < 4.78 is 1.96. The first-order chi connectivity index (χ1) is 11.3. The number of hydrogen-bond donors (Lipinski definition) is 2. The van der Waals surface area contributed by atoms with Crippen molar-refractivity contribution in [2.45, 2.75) is 25.3 Å². The van der Waals surface area contributed by atoms with Crippen LogP contribution in [0.4, 0.5) is 0 Å². The summed E-state index contributed by atoms with van der Waals surface area (Å²) in [5.41, 5.74) is 0.810. The quantitative estimate of drug-likeness (QED) is 0.771. The zero-order valence-electron chi connectivity index (χ0n) is 14.2. The SMILES string of the molecule is CSCCC(NC(=O)C1CCCNC1)c1nnc2ccccn12.Cl.Cl. The van der Waals surface area contributed by atoms with Crippen molar-refractivity contribution in [3.05, 3.63) is 30.2 Å². The predicted molar refractivity (Wildman–Crippen MR) is 107 cm³/mol. The number of pyridine rings is 1. The molecule has 0 bridgehead atoms. The largest absolute Gasteiger partial charge is 0.346 e. The zero-order valence-corrected chi connectivity index (χ0v) is 16.6. The number of amides is 1. The van der Waals surface area contributed by atoms with Gasteiger partial charge in [-0.05, 0) is 49.9 Å². The zero-order chi connectivity index (χ0) is 16.1. The van der Waals surface area contributed by atoms with Crippen LogP contribution in [0.25, 0.3) is 5.65 Å². The molecule has 3 rings (SSSR count). The van der Waals surface area contributed by atoms with E-state index in [1.807, 2.05) is 28.8 Å². The van der Waals surface area contributed by atoms with Crippen LogP contribution in [-0.2, 0) is 4.79 Å². The first-order valence-electron chi connectivity index (χ1n) is 8.09. The molecule has 0 spiro atoms. The molecule has 25 heavy (non-hydrogen) atoms. The minimum Gasteiger partial charge on any atom is -0.346 e. The Morgan fingerprint density at radius 3 is 3.00 bits per heavy atom. The number of thioether (sulfide) groups is 1. The Bertz CT molecular complexity index is 663. The molecule has 140 valence electrons. The molecule has 1 aliphatic heterocycles. The number of halogens is 2. The Morgan fingerprint density at radius 1 is 1.44 bits per heavy atom. The minimum atomic E-state index is -0.103. The number of carbonyl (C=O) groups excluding carboxylic acids is 1. The van der Waals surface area contributed by atoms with E-state index in [0.29, 0.717) is 0 Å². The lowest BCUT2D eigenvalue weighted by atomic mass is 9.98. The average molecular weight is 406 g/mol. The summed E-state index contributed by atoms with van der Waals surface area (Å²) in [5, 5.41) is 15.0. The number of aromatic nitrogens is 3. The summed E-state index contributed by atoms with van der Waals surface area (Å²) in [4.78, 5) is 12.6. The van der Waals surface area contributed by atoms with Gasteiger partial charge in [0, 0.05) is 12.7 Å². The number of nitrogens with one attached hydrogen (secondary N) is 2. The molecule has 2 N–H and O–H groups in total. The molecule has 0 radical (unpaired) electrons. The molecule has 1 saturated heterocycles. The highest BCUT2D eigenvalue weighted by molar-refractivity contribution is 7.98. The highest BCUT2D eigenvalue weighted by Crippen LogP contribution is 2.20. The number of piperidine rings is 1. The van der Waals surface area contributed by atoms with Crippen molar-refractivity contribution in [2.75, 3.05) is 25.1 Å². The molecule has 0 saturated carbocycles. The summed E-state index contributed by atoms with van der Waals surface area (Å²) in [6.45, 7) is 1.77. The van der Waals surface area contributed by atoms with E-state index in [4.69, 9.17) is 0 Å². The molecule has 1 fully saturated rings. The van der Waals surface area contributed by atoms with E-state index in [9.17, 15) is 4.79 Å². The molecule has 0 aliphatic carbocycles. The summed E-state index contributed by atoms with van der Waals surface area (Å²) in [6.07, 6.45) is 6.88. The smallest absolute Gasteiger partial charge is 0.224 e. The van der Waals surface area contributed by atoms with E-state index in [0.717, 1.165) is 49.6 Å². The topological polar surface area (TPSA) is 71.3 Å². The van der Waals surface area contributed by atoms with Crippen LogP contribution < -0.4 is 10.6 Å². The van der Waals surface area contributed by atoms with Gasteiger partial charge in [0.05, 0.1) is 12.0 Å². The van der Waals surface area contributed by atoms with Crippen molar-refractivity contribution in [3.63, 3.8) is 0 Å². The number of fused-ring (bicyclic) bond motifs is 1. The second-order valence-corrected chi connectivity index (χ2v) is 6.86. The van der Waals surface area contributed by atoms with E-state index in [2.05, 4.69) is 27.1 Å². The predicted octanol–water partition coefficient (Wildman–Crippen LogP) is 2.48. The van der Waals surface area contributed by atoms with Crippen molar-refractivity contribution < 1.29 is 4.79 Å². The van der Waals surface area contributed by atoms with Crippen LogP contribution in [0.15, 0.2) is 24.4 Å². The van der Waals surface area contributed by atoms with E-state index in [1.165, 1.54) is 0 Å². The maximum atomic E-state index is 12.6. The molecule has 6 nitrogen and oxygen atoms in total. The molecule has 2 aromatic rings. The van der Waals surface area contributed by atoms with Gasteiger partial charge in [-0.25, -0.2) is 0 Å². The Hall–Kier alpha value is -1.02. The van der Waals surface area contributed by atoms with Gasteiger partial charge in [0.2, 0.25) is 5.91 Å². The molecule has 2 atom stereocenters. The van der Waals surface area contributed by atoms with Gasteiger partial charge in [-0.2, -0.15) is 11.8 Å². The standard InChI is InChI=1S/C16H23N5OS.2ClH/c1-23-10-7-13(18-16(22)12-5-4-8-17-11-12)15-20-19-14-6-2-3-9-21(14)15;;/h2-3,6,9,12-13,17H,4-5,7-8,10-11H2,1H3,(H,18,22);2*1H. The highest BCUT2D eigenvalue weighted by atomic mass is 35.5. The van der Waals surface area contributed by atoms with Gasteiger partial charge in [0.1, 0.15) is 0 Å². The molecule has 3 heterocycles. The van der Waals surface area contributed by atoms with Gasteiger partial charge >= 0.3 is 0 Å². The lowest BCUT2D eigenvalue weighted by molar-refractivity contribution is -0.126. The van der Waals surface area contributed by atoms with Gasteiger partial charge < -0.3 is 10.6 Å². The van der Waals surface area contributed by atoms with Gasteiger partial charge in [-0.15, -0.1) is 35.0 Å². The molecule has 0 aromatic carbocycles. The Morgan fingerprint density at radius 2 is 2.28 bits per heavy atom. The molecular formula is C16H25Cl2N5OS. The van der Waals surface area contributed by atoms with Crippen LogP contribution in [0.1, 0.15) is 31.1 Å². The molecule has 2 unspecified atom stereocenters. The van der Waals surface area contributed by atoms with Crippen molar-refractivity contribution in [2.24, 2.45) is 5.92 Å². The second kappa shape index (κ2) is 10.9. The lowest BCUT2D eigenvalue weighted by Gasteiger charge is -2.25. The van der Waals surface area contributed by atoms with Crippen molar-refractivity contribution >= 4 is 48.1 Å². The Balaban J connectivity index is 0.00000156. The fourth-order valence-corrected chi connectivity index (χ4v) is 3.44. The first kappa shape index (κ1) is 22.0. The molecule has 9 heteroatoms. The van der Waals surface area contributed by atoms with Gasteiger partial charge in [0.15, 0.2) is 11.5 Å². The second-order valence-electron chi connectivity index (χ2n) is 5.87. The van der Waals surface area contributed by atoms with Crippen molar-refractivity contribution in [1.29, 1.82) is 0 Å². The molecular weight excluding hydrogens is 381 g/mol. The maximum absolute atomic E-state index is 12.6.